The summed E-state index contributed by atoms with van der Waals surface area (Å²) in [6.45, 7) is 1.30. The third-order valence-electron chi connectivity index (χ3n) is 5.80. The summed E-state index contributed by atoms with van der Waals surface area (Å²) in [6.07, 6.45) is 7.13. The van der Waals surface area contributed by atoms with Crippen molar-refractivity contribution >= 4 is 23.2 Å². The lowest BCUT2D eigenvalue weighted by molar-refractivity contribution is 0.0683. The van der Waals surface area contributed by atoms with Crippen LogP contribution in [0.4, 0.5) is 0 Å². The van der Waals surface area contributed by atoms with E-state index in [4.69, 9.17) is 16.3 Å². The van der Waals surface area contributed by atoms with Crippen LogP contribution >= 0.6 is 11.6 Å². The number of ether oxygens (including phenoxy) is 1. The van der Waals surface area contributed by atoms with Gasteiger partial charge < -0.3 is 9.64 Å². The molecule has 3 aromatic heterocycles. The number of carbonyl (C=O) groups excluding carboxylic acids is 1. The number of nitrogens with zero attached hydrogens (tertiary/aromatic N) is 5. The van der Waals surface area contributed by atoms with E-state index in [0.29, 0.717) is 29.7 Å². The molecule has 1 saturated heterocycles. The summed E-state index contributed by atoms with van der Waals surface area (Å²) in [7, 11) is 0. The van der Waals surface area contributed by atoms with Gasteiger partial charge in [-0.1, -0.05) is 17.7 Å². The van der Waals surface area contributed by atoms with Gasteiger partial charge in [-0.2, -0.15) is 0 Å². The third-order valence-corrected chi connectivity index (χ3v) is 6.01. The van der Waals surface area contributed by atoms with Crippen molar-refractivity contribution in [2.24, 2.45) is 0 Å². The van der Waals surface area contributed by atoms with Gasteiger partial charge in [0.2, 0.25) is 5.88 Å². The average Bonchev–Trinajstić information content (AvgIpc) is 3.15. The Morgan fingerprint density at radius 3 is 2.83 bits per heavy atom. The molecule has 0 spiro atoms. The maximum absolute atomic E-state index is 13.3. The van der Waals surface area contributed by atoms with E-state index in [9.17, 15) is 4.79 Å². The lowest BCUT2D eigenvalue weighted by Crippen LogP contribution is -2.40. The van der Waals surface area contributed by atoms with Gasteiger partial charge in [0.25, 0.3) is 5.91 Å². The molecule has 0 bridgehead atoms. The molecule has 1 saturated carbocycles. The predicted molar refractivity (Wildman–Crippen MR) is 108 cm³/mol. The van der Waals surface area contributed by atoms with Crippen LogP contribution in [0.25, 0.3) is 5.65 Å². The van der Waals surface area contributed by atoms with Crippen molar-refractivity contribution in [1.82, 2.24) is 24.5 Å². The van der Waals surface area contributed by atoms with Crippen LogP contribution < -0.4 is 4.74 Å². The number of halogens is 1. The van der Waals surface area contributed by atoms with Crippen LogP contribution in [0.15, 0.2) is 36.5 Å². The number of hydrogen-bond acceptors (Lipinski definition) is 5. The van der Waals surface area contributed by atoms with Crippen molar-refractivity contribution < 1.29 is 9.53 Å². The number of pyridine rings is 2. The van der Waals surface area contributed by atoms with E-state index in [1.807, 2.05) is 33.7 Å². The van der Waals surface area contributed by atoms with E-state index in [2.05, 4.69) is 15.2 Å². The van der Waals surface area contributed by atoms with E-state index in [1.54, 1.807) is 12.1 Å². The first-order valence-electron chi connectivity index (χ1n) is 10.1. The Morgan fingerprint density at radius 1 is 1.10 bits per heavy atom. The zero-order valence-corrected chi connectivity index (χ0v) is 16.8. The summed E-state index contributed by atoms with van der Waals surface area (Å²) < 4.78 is 7.97. The van der Waals surface area contributed by atoms with Gasteiger partial charge in [-0.3, -0.25) is 9.20 Å². The molecule has 1 aliphatic heterocycles. The third kappa shape index (κ3) is 3.55. The minimum Gasteiger partial charge on any atom is -0.474 e. The summed E-state index contributed by atoms with van der Waals surface area (Å²) in [5, 5.41) is 8.99. The smallest absolute Gasteiger partial charge is 0.259 e. The SMILES string of the molecule is O=C(c1ccc(Cl)nc1OC1CCC1)N1CCCC(c2nnc3ccccn23)C1. The molecule has 1 atom stereocenters. The van der Waals surface area contributed by atoms with Crippen molar-refractivity contribution in [2.75, 3.05) is 13.1 Å². The number of amides is 1. The fraction of sp³-hybridized carbons (Fsp3) is 0.429. The van der Waals surface area contributed by atoms with E-state index < -0.39 is 0 Å². The molecule has 3 aromatic rings. The second-order valence-corrected chi connectivity index (χ2v) is 8.12. The first-order valence-corrected chi connectivity index (χ1v) is 10.5. The maximum atomic E-state index is 13.3. The molecular weight excluding hydrogens is 390 g/mol. The van der Waals surface area contributed by atoms with Gasteiger partial charge in [0.05, 0.1) is 0 Å². The number of aromatic nitrogens is 4. The van der Waals surface area contributed by atoms with Crippen molar-refractivity contribution in [3.8, 4) is 5.88 Å². The Balaban J connectivity index is 1.39. The Hall–Kier alpha value is -2.67. The zero-order chi connectivity index (χ0) is 19.8. The Morgan fingerprint density at radius 2 is 2.00 bits per heavy atom. The monoisotopic (exact) mass is 411 g/mol. The van der Waals surface area contributed by atoms with Gasteiger partial charge in [0.15, 0.2) is 5.65 Å². The number of rotatable bonds is 4. The number of likely N-dealkylation sites (tertiary alicyclic amines) is 1. The highest BCUT2D eigenvalue weighted by Gasteiger charge is 2.31. The van der Waals surface area contributed by atoms with Gasteiger partial charge in [-0.25, -0.2) is 4.98 Å². The molecule has 1 amide bonds. The molecule has 0 aromatic carbocycles. The molecule has 5 rings (SSSR count). The summed E-state index contributed by atoms with van der Waals surface area (Å²) >= 11 is 6.06. The van der Waals surface area contributed by atoms with Gasteiger partial charge in [-0.15, -0.1) is 10.2 Å². The summed E-state index contributed by atoms with van der Waals surface area (Å²) in [4.78, 5) is 19.5. The van der Waals surface area contributed by atoms with Crippen LogP contribution in [0.2, 0.25) is 5.15 Å². The summed E-state index contributed by atoms with van der Waals surface area (Å²) in [5.74, 6) is 1.32. The van der Waals surface area contributed by atoms with Crippen LogP contribution in [0.1, 0.15) is 54.2 Å². The highest BCUT2D eigenvalue weighted by atomic mass is 35.5. The zero-order valence-electron chi connectivity index (χ0n) is 16.0. The molecule has 150 valence electrons. The van der Waals surface area contributed by atoms with Crippen LogP contribution in [0.5, 0.6) is 5.88 Å². The van der Waals surface area contributed by atoms with Gasteiger partial charge in [0, 0.05) is 25.2 Å². The molecule has 2 aliphatic rings. The Bertz CT molecular complexity index is 1050. The molecule has 1 aliphatic carbocycles. The number of hydrogen-bond donors (Lipinski definition) is 0. The van der Waals surface area contributed by atoms with Crippen LogP contribution in [-0.4, -0.2) is 49.6 Å². The second kappa shape index (κ2) is 7.63. The van der Waals surface area contributed by atoms with E-state index in [0.717, 1.165) is 43.6 Å². The first-order chi connectivity index (χ1) is 14.2. The minimum absolute atomic E-state index is 0.0676. The van der Waals surface area contributed by atoms with Crippen molar-refractivity contribution in [3.05, 3.63) is 53.1 Å². The lowest BCUT2D eigenvalue weighted by Gasteiger charge is -2.33. The molecule has 29 heavy (non-hydrogen) atoms. The van der Waals surface area contributed by atoms with Gasteiger partial charge >= 0.3 is 0 Å². The van der Waals surface area contributed by atoms with Crippen molar-refractivity contribution in [2.45, 2.75) is 44.1 Å². The van der Waals surface area contributed by atoms with Crippen molar-refractivity contribution in [1.29, 1.82) is 0 Å². The number of carbonyl (C=O) groups is 1. The molecule has 0 radical (unpaired) electrons. The molecule has 2 fully saturated rings. The maximum Gasteiger partial charge on any atom is 0.259 e. The molecule has 0 N–H and O–H groups in total. The Kier molecular flexibility index (Phi) is 4.83. The Labute approximate surface area is 173 Å². The van der Waals surface area contributed by atoms with E-state index in [-0.39, 0.29) is 17.9 Å². The van der Waals surface area contributed by atoms with Crippen LogP contribution in [-0.2, 0) is 0 Å². The van der Waals surface area contributed by atoms with E-state index in [1.165, 1.54) is 0 Å². The second-order valence-electron chi connectivity index (χ2n) is 7.73. The minimum atomic E-state index is -0.0676. The molecular formula is C21H22ClN5O2. The normalized spacial score (nSPS) is 19.9. The molecule has 7 nitrogen and oxygen atoms in total. The highest BCUT2D eigenvalue weighted by Crippen LogP contribution is 2.31. The first kappa shape index (κ1) is 18.4. The largest absolute Gasteiger partial charge is 0.474 e. The average molecular weight is 412 g/mol. The van der Waals surface area contributed by atoms with Crippen LogP contribution in [0.3, 0.4) is 0 Å². The van der Waals surface area contributed by atoms with Gasteiger partial charge in [-0.05, 0) is 56.4 Å². The fourth-order valence-electron chi connectivity index (χ4n) is 4.00. The fourth-order valence-corrected chi connectivity index (χ4v) is 4.14. The summed E-state index contributed by atoms with van der Waals surface area (Å²) in [5.41, 5.74) is 1.30. The molecule has 1 unspecified atom stereocenters. The molecule has 4 heterocycles. The van der Waals surface area contributed by atoms with Crippen LogP contribution in [0, 0.1) is 0 Å². The quantitative estimate of drug-likeness (QED) is 0.611. The van der Waals surface area contributed by atoms with Crippen molar-refractivity contribution in [3.63, 3.8) is 0 Å². The molecule has 8 heteroatoms. The highest BCUT2D eigenvalue weighted by molar-refractivity contribution is 6.29. The predicted octanol–water partition coefficient (Wildman–Crippen LogP) is 3.73. The number of piperidine rings is 1. The standard InChI is InChI=1S/C21H22ClN5O2/c22-17-10-9-16(20(23-17)29-15-6-3-7-15)21(28)26-11-4-5-14(13-26)19-25-24-18-8-1-2-12-27(18)19/h1-2,8-10,12,14-15H,3-7,11,13H2. The topological polar surface area (TPSA) is 72.6 Å². The lowest BCUT2D eigenvalue weighted by atomic mass is 9.96. The number of fused-ring (bicyclic) bond motifs is 1. The summed E-state index contributed by atoms with van der Waals surface area (Å²) in [6, 6.07) is 9.22. The van der Waals surface area contributed by atoms with Gasteiger partial charge in [0.1, 0.15) is 22.6 Å². The van der Waals surface area contributed by atoms with E-state index >= 15 is 0 Å².